The Hall–Kier alpha value is -1.82. The SMILES string of the molecule is Cc1c(Cl)cccc1-n1c(SCCO)nc2ccccc2c1=O. The molecule has 0 aliphatic rings. The minimum absolute atomic E-state index is 0.0158. The van der Waals surface area contributed by atoms with Gasteiger partial charge in [-0.15, -0.1) is 0 Å². The summed E-state index contributed by atoms with van der Waals surface area (Å²) in [6.45, 7) is 1.89. The van der Waals surface area contributed by atoms with E-state index in [0.29, 0.717) is 32.5 Å². The number of rotatable bonds is 4. The maximum atomic E-state index is 13.0. The van der Waals surface area contributed by atoms with Gasteiger partial charge in [0.2, 0.25) is 0 Å². The van der Waals surface area contributed by atoms with Gasteiger partial charge in [-0.3, -0.25) is 9.36 Å². The number of hydrogen-bond donors (Lipinski definition) is 1. The summed E-state index contributed by atoms with van der Waals surface area (Å²) in [7, 11) is 0. The van der Waals surface area contributed by atoms with E-state index in [4.69, 9.17) is 16.7 Å². The van der Waals surface area contributed by atoms with Crippen LogP contribution in [0.3, 0.4) is 0 Å². The van der Waals surface area contributed by atoms with Gasteiger partial charge in [-0.25, -0.2) is 4.98 Å². The lowest BCUT2D eigenvalue weighted by molar-refractivity contribution is 0.322. The smallest absolute Gasteiger partial charge is 0.266 e. The predicted octanol–water partition coefficient (Wildman–Crippen LogP) is 3.43. The zero-order chi connectivity index (χ0) is 16.4. The minimum atomic E-state index is -0.138. The number of aliphatic hydroxyl groups excluding tert-OH is 1. The molecule has 3 aromatic rings. The quantitative estimate of drug-likeness (QED) is 0.581. The van der Waals surface area contributed by atoms with Crippen molar-refractivity contribution in [1.29, 1.82) is 0 Å². The molecule has 0 radical (unpaired) electrons. The fraction of sp³-hybridized carbons (Fsp3) is 0.176. The van der Waals surface area contributed by atoms with Crippen molar-refractivity contribution < 1.29 is 5.11 Å². The van der Waals surface area contributed by atoms with Gasteiger partial charge >= 0.3 is 0 Å². The summed E-state index contributed by atoms with van der Waals surface area (Å²) in [5.41, 5.74) is 2.04. The highest BCUT2D eigenvalue weighted by Crippen LogP contribution is 2.26. The van der Waals surface area contributed by atoms with Crippen LogP contribution in [0.15, 0.2) is 52.4 Å². The molecule has 23 heavy (non-hydrogen) atoms. The van der Waals surface area contributed by atoms with Crippen LogP contribution in [0.25, 0.3) is 16.6 Å². The Morgan fingerprint density at radius 3 is 2.78 bits per heavy atom. The zero-order valence-corrected chi connectivity index (χ0v) is 14.1. The van der Waals surface area contributed by atoms with E-state index in [1.165, 1.54) is 11.8 Å². The highest BCUT2D eigenvalue weighted by atomic mass is 35.5. The van der Waals surface area contributed by atoms with Crippen LogP contribution in [-0.4, -0.2) is 27.0 Å². The van der Waals surface area contributed by atoms with Crippen LogP contribution < -0.4 is 5.56 Å². The summed E-state index contributed by atoms with van der Waals surface area (Å²) in [6.07, 6.45) is 0. The molecule has 1 N–H and O–H groups in total. The molecule has 0 atom stereocenters. The third-order valence-electron chi connectivity index (χ3n) is 3.55. The van der Waals surface area contributed by atoms with Crippen LogP contribution in [0.5, 0.6) is 0 Å². The molecular weight excluding hydrogens is 332 g/mol. The largest absolute Gasteiger partial charge is 0.396 e. The van der Waals surface area contributed by atoms with Crippen molar-refractivity contribution in [2.24, 2.45) is 0 Å². The van der Waals surface area contributed by atoms with E-state index in [1.54, 1.807) is 16.7 Å². The lowest BCUT2D eigenvalue weighted by Crippen LogP contribution is -2.22. The van der Waals surface area contributed by atoms with E-state index in [1.807, 2.05) is 37.3 Å². The van der Waals surface area contributed by atoms with Crippen molar-refractivity contribution in [3.05, 3.63) is 63.4 Å². The van der Waals surface area contributed by atoms with Gasteiger partial charge in [0.25, 0.3) is 5.56 Å². The third kappa shape index (κ3) is 3.00. The molecular formula is C17H15ClN2O2S. The van der Waals surface area contributed by atoms with E-state index in [9.17, 15) is 4.79 Å². The van der Waals surface area contributed by atoms with Crippen molar-refractivity contribution in [2.75, 3.05) is 12.4 Å². The minimum Gasteiger partial charge on any atom is -0.396 e. The number of benzene rings is 2. The molecule has 1 heterocycles. The fourth-order valence-corrected chi connectivity index (χ4v) is 3.31. The van der Waals surface area contributed by atoms with Crippen molar-refractivity contribution in [1.82, 2.24) is 9.55 Å². The lowest BCUT2D eigenvalue weighted by atomic mass is 10.2. The number of nitrogens with zero attached hydrogens (tertiary/aromatic N) is 2. The van der Waals surface area contributed by atoms with Gasteiger partial charge in [0.15, 0.2) is 5.16 Å². The monoisotopic (exact) mass is 346 g/mol. The van der Waals surface area contributed by atoms with E-state index in [-0.39, 0.29) is 12.2 Å². The van der Waals surface area contributed by atoms with Crippen LogP contribution in [0.4, 0.5) is 0 Å². The Labute approximate surface area is 142 Å². The molecule has 4 nitrogen and oxygen atoms in total. The normalized spacial score (nSPS) is 11.1. The fourth-order valence-electron chi connectivity index (χ4n) is 2.40. The zero-order valence-electron chi connectivity index (χ0n) is 12.5. The standard InChI is InChI=1S/C17H15ClN2O2S/c1-11-13(18)6-4-8-15(11)20-16(22)12-5-2-3-7-14(12)19-17(20)23-10-9-21/h2-8,21H,9-10H2,1H3. The third-order valence-corrected chi connectivity index (χ3v) is 4.88. The van der Waals surface area contributed by atoms with Gasteiger partial charge in [0.1, 0.15) is 0 Å². The second-order valence-electron chi connectivity index (χ2n) is 5.01. The second-order valence-corrected chi connectivity index (χ2v) is 6.48. The summed E-state index contributed by atoms with van der Waals surface area (Å²) in [4.78, 5) is 17.6. The maximum Gasteiger partial charge on any atom is 0.266 e. The van der Waals surface area contributed by atoms with Gasteiger partial charge in [0.05, 0.1) is 23.2 Å². The molecule has 3 rings (SSSR count). The Kier molecular flexibility index (Phi) is 4.71. The van der Waals surface area contributed by atoms with Crippen LogP contribution in [0.1, 0.15) is 5.56 Å². The number of aromatic nitrogens is 2. The first-order chi connectivity index (χ1) is 11.1. The van der Waals surface area contributed by atoms with Gasteiger partial charge in [-0.05, 0) is 36.8 Å². The van der Waals surface area contributed by atoms with E-state index < -0.39 is 0 Å². The molecule has 0 unspecified atom stereocenters. The summed E-state index contributed by atoms with van der Waals surface area (Å²) in [5, 5.41) is 10.8. The molecule has 6 heteroatoms. The lowest BCUT2D eigenvalue weighted by Gasteiger charge is -2.15. The van der Waals surface area contributed by atoms with E-state index in [0.717, 1.165) is 5.56 Å². The van der Waals surface area contributed by atoms with E-state index >= 15 is 0 Å². The number of thioether (sulfide) groups is 1. The van der Waals surface area contributed by atoms with Crippen molar-refractivity contribution >= 4 is 34.3 Å². The molecule has 118 valence electrons. The highest BCUT2D eigenvalue weighted by Gasteiger charge is 2.15. The van der Waals surface area contributed by atoms with E-state index in [2.05, 4.69) is 4.98 Å². The Balaban J connectivity index is 2.34. The summed E-state index contributed by atoms with van der Waals surface area (Å²) < 4.78 is 1.57. The molecule has 0 aliphatic carbocycles. The summed E-state index contributed by atoms with van der Waals surface area (Å²) in [5.74, 6) is 0.463. The summed E-state index contributed by atoms with van der Waals surface area (Å²) >= 11 is 7.55. The highest BCUT2D eigenvalue weighted by molar-refractivity contribution is 7.99. The first-order valence-electron chi connectivity index (χ1n) is 7.14. The number of halogens is 1. The van der Waals surface area contributed by atoms with Gasteiger partial charge in [-0.1, -0.05) is 41.6 Å². The van der Waals surface area contributed by atoms with Crippen LogP contribution in [-0.2, 0) is 0 Å². The maximum absolute atomic E-state index is 13.0. The molecule has 0 amide bonds. The molecule has 2 aromatic carbocycles. The second kappa shape index (κ2) is 6.74. The molecule has 0 aliphatic heterocycles. The summed E-state index contributed by atoms with van der Waals surface area (Å²) in [6, 6.07) is 12.7. The van der Waals surface area contributed by atoms with Crippen LogP contribution >= 0.6 is 23.4 Å². The molecule has 1 aromatic heterocycles. The van der Waals surface area contributed by atoms with Crippen LogP contribution in [0, 0.1) is 6.92 Å². The van der Waals surface area contributed by atoms with Crippen molar-refractivity contribution in [3.63, 3.8) is 0 Å². The first-order valence-corrected chi connectivity index (χ1v) is 8.51. The topological polar surface area (TPSA) is 55.1 Å². The molecule has 0 saturated heterocycles. The Bertz CT molecular complexity index is 924. The molecule has 0 saturated carbocycles. The molecule has 0 fully saturated rings. The number of aliphatic hydroxyl groups is 1. The van der Waals surface area contributed by atoms with Crippen molar-refractivity contribution in [3.8, 4) is 5.69 Å². The van der Waals surface area contributed by atoms with Gasteiger partial charge in [0, 0.05) is 10.8 Å². The Morgan fingerprint density at radius 1 is 1.22 bits per heavy atom. The van der Waals surface area contributed by atoms with Crippen LogP contribution in [0.2, 0.25) is 5.02 Å². The number of para-hydroxylation sites is 1. The first kappa shape index (κ1) is 16.1. The average Bonchev–Trinajstić information content (AvgIpc) is 2.56. The van der Waals surface area contributed by atoms with Gasteiger partial charge in [-0.2, -0.15) is 0 Å². The predicted molar refractivity (Wildman–Crippen MR) is 94.9 cm³/mol. The molecule has 0 spiro atoms. The number of fused-ring (bicyclic) bond motifs is 1. The van der Waals surface area contributed by atoms with Gasteiger partial charge < -0.3 is 5.11 Å². The Morgan fingerprint density at radius 2 is 2.00 bits per heavy atom. The molecule has 0 bridgehead atoms. The number of hydrogen-bond acceptors (Lipinski definition) is 4. The van der Waals surface area contributed by atoms with Crippen molar-refractivity contribution in [2.45, 2.75) is 12.1 Å². The average molecular weight is 347 g/mol.